The van der Waals surface area contributed by atoms with E-state index in [-0.39, 0.29) is 11.4 Å². The molecule has 2 N–H and O–H groups in total. The summed E-state index contributed by atoms with van der Waals surface area (Å²) in [7, 11) is 1.73. The first-order chi connectivity index (χ1) is 7.08. The van der Waals surface area contributed by atoms with Crippen LogP contribution in [0.5, 0.6) is 5.75 Å². The highest BCUT2D eigenvalue weighted by molar-refractivity contribution is 5.88. The Labute approximate surface area is 84.2 Å². The summed E-state index contributed by atoms with van der Waals surface area (Å²) in [5.41, 5.74) is -0.388. The number of carbonyl (C=O) groups is 1. The summed E-state index contributed by atoms with van der Waals surface area (Å²) >= 11 is 0. The number of nitrogens with zero attached hydrogens (tertiary/aromatic N) is 4. The van der Waals surface area contributed by atoms with Crippen molar-refractivity contribution in [3.8, 4) is 11.6 Å². The third-order valence-electron chi connectivity index (χ3n) is 1.83. The van der Waals surface area contributed by atoms with E-state index in [9.17, 15) is 9.90 Å². The normalized spacial score (nSPS) is 10.5. The maximum absolute atomic E-state index is 10.6. The van der Waals surface area contributed by atoms with Crippen LogP contribution in [0.15, 0.2) is 18.5 Å². The fourth-order valence-electron chi connectivity index (χ4n) is 1.16. The van der Waals surface area contributed by atoms with Crippen LogP contribution in [-0.2, 0) is 7.05 Å². The van der Waals surface area contributed by atoms with Crippen LogP contribution in [0.25, 0.3) is 5.82 Å². The Hall–Kier alpha value is -2.31. The zero-order chi connectivity index (χ0) is 11.0. The number of aromatic carboxylic acids is 1. The smallest absolute Gasteiger partial charge is 0.360 e. The van der Waals surface area contributed by atoms with E-state index >= 15 is 0 Å². The average Bonchev–Trinajstić information content (AvgIpc) is 2.71. The molecule has 2 aromatic heterocycles. The predicted octanol–water partition coefficient (Wildman–Crippen LogP) is 0.00960. The van der Waals surface area contributed by atoms with Crippen LogP contribution in [0.4, 0.5) is 0 Å². The molecule has 0 amide bonds. The maximum atomic E-state index is 10.6. The molecule has 0 radical (unpaired) electrons. The van der Waals surface area contributed by atoms with Crippen molar-refractivity contribution < 1.29 is 15.0 Å². The van der Waals surface area contributed by atoms with Gasteiger partial charge in [0, 0.05) is 19.3 Å². The Morgan fingerprint density at radius 3 is 2.67 bits per heavy atom. The van der Waals surface area contributed by atoms with Crippen LogP contribution in [0, 0.1) is 0 Å². The molecule has 0 aliphatic heterocycles. The van der Waals surface area contributed by atoms with Crippen molar-refractivity contribution >= 4 is 5.97 Å². The highest BCUT2D eigenvalue weighted by Crippen LogP contribution is 2.16. The summed E-state index contributed by atoms with van der Waals surface area (Å²) in [5.74, 6) is -1.21. The number of hydrogen-bond acceptors (Lipinski definition) is 4. The van der Waals surface area contributed by atoms with E-state index in [1.165, 1.54) is 10.9 Å². The minimum absolute atomic E-state index is 0.381. The van der Waals surface area contributed by atoms with Crippen LogP contribution in [0.1, 0.15) is 10.5 Å². The van der Waals surface area contributed by atoms with Crippen LogP contribution >= 0.6 is 0 Å². The highest BCUT2D eigenvalue weighted by atomic mass is 16.4. The molecule has 15 heavy (non-hydrogen) atoms. The van der Waals surface area contributed by atoms with E-state index in [4.69, 9.17) is 5.11 Å². The zero-order valence-corrected chi connectivity index (χ0v) is 7.82. The molecule has 0 bridgehead atoms. The van der Waals surface area contributed by atoms with Crippen LogP contribution < -0.4 is 0 Å². The van der Waals surface area contributed by atoms with Gasteiger partial charge in [0.05, 0.1) is 6.20 Å². The van der Waals surface area contributed by atoms with Gasteiger partial charge in [0.2, 0.25) is 5.69 Å². The Balaban J connectivity index is 2.46. The molecule has 2 rings (SSSR count). The van der Waals surface area contributed by atoms with Gasteiger partial charge in [-0.3, -0.25) is 4.68 Å². The van der Waals surface area contributed by atoms with Crippen molar-refractivity contribution in [2.45, 2.75) is 0 Å². The lowest BCUT2D eigenvalue weighted by Gasteiger charge is -1.92. The largest absolute Gasteiger partial charge is 0.504 e. The maximum Gasteiger partial charge on any atom is 0.360 e. The lowest BCUT2D eigenvalue weighted by atomic mass is 10.4. The van der Waals surface area contributed by atoms with E-state index in [0.717, 1.165) is 0 Å². The molecule has 7 heteroatoms. The summed E-state index contributed by atoms with van der Waals surface area (Å²) in [5, 5.41) is 25.6. The van der Waals surface area contributed by atoms with Crippen LogP contribution in [-0.4, -0.2) is 35.7 Å². The van der Waals surface area contributed by atoms with Gasteiger partial charge in [0.25, 0.3) is 0 Å². The SMILES string of the molecule is Cn1ccc(-n2cc(O)c(C(=O)O)n2)n1. The van der Waals surface area contributed by atoms with Crippen molar-refractivity contribution in [3.05, 3.63) is 24.2 Å². The molecular formula is C8H8N4O3. The van der Waals surface area contributed by atoms with Crippen molar-refractivity contribution in [2.24, 2.45) is 7.05 Å². The molecule has 0 spiro atoms. The second-order valence-electron chi connectivity index (χ2n) is 2.96. The average molecular weight is 208 g/mol. The van der Waals surface area contributed by atoms with Gasteiger partial charge >= 0.3 is 5.97 Å². The number of aryl methyl sites for hydroxylation is 1. The summed E-state index contributed by atoms with van der Waals surface area (Å²) < 4.78 is 2.76. The van der Waals surface area contributed by atoms with Gasteiger partial charge in [-0.15, -0.1) is 0 Å². The summed E-state index contributed by atoms with van der Waals surface area (Å²) in [4.78, 5) is 10.6. The third kappa shape index (κ3) is 1.54. The lowest BCUT2D eigenvalue weighted by molar-refractivity contribution is 0.0687. The van der Waals surface area contributed by atoms with Gasteiger partial charge in [-0.25, -0.2) is 9.48 Å². The molecule has 0 atom stereocenters. The monoisotopic (exact) mass is 208 g/mol. The molecule has 7 nitrogen and oxygen atoms in total. The molecule has 0 fully saturated rings. The summed E-state index contributed by atoms with van der Waals surface area (Å²) in [6, 6.07) is 1.65. The molecule has 0 aromatic carbocycles. The van der Waals surface area contributed by atoms with Crippen LogP contribution in [0.2, 0.25) is 0 Å². The van der Waals surface area contributed by atoms with Gasteiger partial charge in [0.1, 0.15) is 0 Å². The number of carboxylic acids is 1. The number of aromatic nitrogens is 4. The summed E-state index contributed by atoms with van der Waals surface area (Å²) in [6.45, 7) is 0. The van der Waals surface area contributed by atoms with E-state index in [0.29, 0.717) is 5.82 Å². The Morgan fingerprint density at radius 2 is 2.20 bits per heavy atom. The van der Waals surface area contributed by atoms with Gasteiger partial charge in [-0.05, 0) is 0 Å². The highest BCUT2D eigenvalue weighted by Gasteiger charge is 2.16. The number of rotatable bonds is 2. The quantitative estimate of drug-likeness (QED) is 0.725. The minimum atomic E-state index is -1.28. The molecule has 2 heterocycles. The Morgan fingerprint density at radius 1 is 1.47 bits per heavy atom. The zero-order valence-electron chi connectivity index (χ0n) is 7.82. The van der Waals surface area contributed by atoms with E-state index < -0.39 is 5.97 Å². The van der Waals surface area contributed by atoms with Crippen molar-refractivity contribution in [3.63, 3.8) is 0 Å². The van der Waals surface area contributed by atoms with Gasteiger partial charge in [-0.2, -0.15) is 10.2 Å². The Kier molecular flexibility index (Phi) is 1.93. The second kappa shape index (κ2) is 3.12. The molecule has 0 unspecified atom stereocenters. The first kappa shape index (κ1) is 9.25. The minimum Gasteiger partial charge on any atom is -0.504 e. The van der Waals surface area contributed by atoms with Gasteiger partial charge < -0.3 is 10.2 Å². The predicted molar refractivity (Wildman–Crippen MR) is 49.0 cm³/mol. The molecule has 0 aliphatic rings. The van der Waals surface area contributed by atoms with E-state index in [2.05, 4.69) is 10.2 Å². The van der Waals surface area contributed by atoms with Crippen molar-refractivity contribution in [2.75, 3.05) is 0 Å². The first-order valence-electron chi connectivity index (χ1n) is 4.10. The second-order valence-corrected chi connectivity index (χ2v) is 2.96. The molecule has 0 saturated heterocycles. The van der Waals surface area contributed by atoms with Gasteiger partial charge in [0.15, 0.2) is 11.6 Å². The van der Waals surface area contributed by atoms with Gasteiger partial charge in [-0.1, -0.05) is 0 Å². The number of hydrogen-bond donors (Lipinski definition) is 2. The molecule has 0 saturated carbocycles. The fraction of sp³-hybridized carbons (Fsp3) is 0.125. The summed E-state index contributed by atoms with van der Waals surface area (Å²) in [6.07, 6.45) is 2.89. The van der Waals surface area contributed by atoms with Crippen LogP contribution in [0.3, 0.4) is 0 Å². The van der Waals surface area contributed by atoms with Crippen molar-refractivity contribution in [1.82, 2.24) is 19.6 Å². The van der Waals surface area contributed by atoms with Crippen molar-refractivity contribution in [1.29, 1.82) is 0 Å². The third-order valence-corrected chi connectivity index (χ3v) is 1.83. The topological polar surface area (TPSA) is 93.2 Å². The van der Waals surface area contributed by atoms with E-state index in [1.54, 1.807) is 24.0 Å². The standard InChI is InChI=1S/C8H8N4O3/c1-11-3-2-6(9-11)12-4-5(13)7(10-12)8(14)15/h2-4,13H,1H3,(H,14,15). The van der Waals surface area contributed by atoms with E-state index in [1.807, 2.05) is 0 Å². The first-order valence-corrected chi connectivity index (χ1v) is 4.10. The lowest BCUT2D eigenvalue weighted by Crippen LogP contribution is -2.02. The Bertz CT molecular complexity index is 514. The number of carboxylic acid groups (broad SMARTS) is 1. The molecule has 78 valence electrons. The molecule has 2 aromatic rings. The number of aromatic hydroxyl groups is 1. The molecule has 0 aliphatic carbocycles. The molecular weight excluding hydrogens is 200 g/mol. The fourth-order valence-corrected chi connectivity index (χ4v) is 1.16.